The van der Waals surface area contributed by atoms with Gasteiger partial charge >= 0.3 is 0 Å². The number of ether oxygens (including phenoxy) is 1. The Bertz CT molecular complexity index is 316. The maximum Gasteiger partial charge on any atom is 0.119 e. The standard InChI is InChI=1S/C13H18O2/c1-3-15-11-6-4-10(5-7-11)13-8-12(13)9(2)14/h4-7,9,12-14H,3,8H2,1-2H3/t9-,12+,13+/m1/s1. The smallest absolute Gasteiger partial charge is 0.119 e. The molecule has 0 aromatic heterocycles. The van der Waals surface area contributed by atoms with Gasteiger partial charge in [0, 0.05) is 0 Å². The SMILES string of the molecule is CCOc1ccc([C@@H]2C[C@H]2[C@@H](C)O)cc1. The van der Waals surface area contributed by atoms with Crippen molar-refractivity contribution in [1.29, 1.82) is 0 Å². The Balaban J connectivity index is 2.00. The van der Waals surface area contributed by atoms with E-state index in [1.54, 1.807) is 0 Å². The van der Waals surface area contributed by atoms with Gasteiger partial charge < -0.3 is 9.84 Å². The molecule has 0 bridgehead atoms. The second kappa shape index (κ2) is 4.23. The van der Waals surface area contributed by atoms with Crippen LogP contribution in [0.4, 0.5) is 0 Å². The molecule has 82 valence electrons. The van der Waals surface area contributed by atoms with Crippen LogP contribution in [0.3, 0.4) is 0 Å². The first-order chi connectivity index (χ1) is 7.22. The van der Waals surface area contributed by atoms with Gasteiger partial charge in [-0.05, 0) is 49.8 Å². The molecule has 3 atom stereocenters. The lowest BCUT2D eigenvalue weighted by Crippen LogP contribution is -2.03. The van der Waals surface area contributed by atoms with Crippen LogP contribution in [0.2, 0.25) is 0 Å². The number of hydrogen-bond donors (Lipinski definition) is 1. The van der Waals surface area contributed by atoms with Crippen molar-refractivity contribution in [1.82, 2.24) is 0 Å². The molecule has 15 heavy (non-hydrogen) atoms. The third-order valence-corrected chi connectivity index (χ3v) is 3.08. The summed E-state index contributed by atoms with van der Waals surface area (Å²) in [4.78, 5) is 0. The summed E-state index contributed by atoms with van der Waals surface area (Å²) in [6, 6.07) is 8.24. The van der Waals surface area contributed by atoms with Gasteiger partial charge in [-0.1, -0.05) is 12.1 Å². The van der Waals surface area contributed by atoms with E-state index in [9.17, 15) is 5.11 Å². The average molecular weight is 206 g/mol. The summed E-state index contributed by atoms with van der Waals surface area (Å²) >= 11 is 0. The summed E-state index contributed by atoms with van der Waals surface area (Å²) in [7, 11) is 0. The molecule has 0 spiro atoms. The lowest BCUT2D eigenvalue weighted by atomic mass is 10.1. The highest BCUT2D eigenvalue weighted by Gasteiger charge is 2.41. The summed E-state index contributed by atoms with van der Waals surface area (Å²) in [5.41, 5.74) is 1.32. The Morgan fingerprint density at radius 1 is 1.40 bits per heavy atom. The van der Waals surface area contributed by atoms with Crippen molar-refractivity contribution in [2.24, 2.45) is 5.92 Å². The number of hydrogen-bond acceptors (Lipinski definition) is 2. The number of benzene rings is 1. The summed E-state index contributed by atoms with van der Waals surface area (Å²) in [6.45, 7) is 4.57. The van der Waals surface area contributed by atoms with Crippen molar-refractivity contribution in [3.63, 3.8) is 0 Å². The molecule has 2 heteroatoms. The Hall–Kier alpha value is -1.02. The van der Waals surface area contributed by atoms with Crippen molar-refractivity contribution >= 4 is 0 Å². The Labute approximate surface area is 90.9 Å². The fraction of sp³-hybridized carbons (Fsp3) is 0.538. The van der Waals surface area contributed by atoms with Crippen LogP contribution in [0.1, 0.15) is 31.7 Å². The molecule has 1 aromatic carbocycles. The van der Waals surface area contributed by atoms with Gasteiger partial charge in [0.2, 0.25) is 0 Å². The van der Waals surface area contributed by atoms with Crippen LogP contribution < -0.4 is 4.74 Å². The third kappa shape index (κ3) is 2.32. The number of rotatable bonds is 4. The van der Waals surface area contributed by atoms with Crippen LogP contribution in [0.5, 0.6) is 5.75 Å². The van der Waals surface area contributed by atoms with E-state index in [4.69, 9.17) is 4.74 Å². The molecule has 1 aliphatic rings. The molecule has 2 nitrogen and oxygen atoms in total. The number of aliphatic hydroxyl groups excluding tert-OH is 1. The first-order valence-corrected chi connectivity index (χ1v) is 5.63. The molecule has 1 aromatic rings. The lowest BCUT2D eigenvalue weighted by molar-refractivity contribution is 0.169. The normalized spacial score (nSPS) is 26.1. The second-order valence-corrected chi connectivity index (χ2v) is 4.25. The molecule has 2 rings (SSSR count). The van der Waals surface area contributed by atoms with Gasteiger partial charge in [-0.2, -0.15) is 0 Å². The fourth-order valence-corrected chi connectivity index (χ4v) is 2.11. The second-order valence-electron chi connectivity index (χ2n) is 4.25. The number of aliphatic hydroxyl groups is 1. The molecular formula is C13H18O2. The zero-order valence-electron chi connectivity index (χ0n) is 9.31. The zero-order valence-corrected chi connectivity index (χ0v) is 9.31. The van der Waals surface area contributed by atoms with Gasteiger partial charge in [0.05, 0.1) is 12.7 Å². The van der Waals surface area contributed by atoms with E-state index in [-0.39, 0.29) is 6.10 Å². The summed E-state index contributed by atoms with van der Waals surface area (Å²) in [5.74, 6) is 1.94. The molecular weight excluding hydrogens is 188 g/mol. The fourth-order valence-electron chi connectivity index (χ4n) is 2.11. The van der Waals surface area contributed by atoms with Gasteiger partial charge in [0.1, 0.15) is 5.75 Å². The van der Waals surface area contributed by atoms with E-state index in [0.29, 0.717) is 18.4 Å². The Morgan fingerprint density at radius 2 is 2.07 bits per heavy atom. The van der Waals surface area contributed by atoms with E-state index in [2.05, 4.69) is 12.1 Å². The lowest BCUT2D eigenvalue weighted by Gasteiger charge is -2.05. The monoisotopic (exact) mass is 206 g/mol. The topological polar surface area (TPSA) is 29.5 Å². The molecule has 0 aliphatic heterocycles. The first-order valence-electron chi connectivity index (χ1n) is 5.63. The van der Waals surface area contributed by atoms with Crippen LogP contribution in [0, 0.1) is 5.92 Å². The molecule has 0 radical (unpaired) electrons. The van der Waals surface area contributed by atoms with E-state index in [1.165, 1.54) is 5.56 Å². The highest BCUT2D eigenvalue weighted by atomic mass is 16.5. The molecule has 1 saturated carbocycles. The molecule has 0 unspecified atom stereocenters. The van der Waals surface area contributed by atoms with Crippen LogP contribution in [0.15, 0.2) is 24.3 Å². The molecule has 1 N–H and O–H groups in total. The van der Waals surface area contributed by atoms with Crippen molar-refractivity contribution in [2.45, 2.75) is 32.3 Å². The van der Waals surface area contributed by atoms with Gasteiger partial charge in [-0.25, -0.2) is 0 Å². The minimum absolute atomic E-state index is 0.179. The molecule has 0 amide bonds. The molecule has 1 aliphatic carbocycles. The quantitative estimate of drug-likeness (QED) is 0.820. The van der Waals surface area contributed by atoms with Crippen molar-refractivity contribution in [3.05, 3.63) is 29.8 Å². The van der Waals surface area contributed by atoms with Crippen LogP contribution in [-0.2, 0) is 0 Å². The van der Waals surface area contributed by atoms with Crippen LogP contribution in [0.25, 0.3) is 0 Å². The van der Waals surface area contributed by atoms with E-state index in [1.807, 2.05) is 26.0 Å². The van der Waals surface area contributed by atoms with Crippen molar-refractivity contribution in [3.8, 4) is 5.75 Å². The molecule has 0 saturated heterocycles. The highest BCUT2D eigenvalue weighted by Crippen LogP contribution is 2.49. The summed E-state index contributed by atoms with van der Waals surface area (Å²) in [6.07, 6.45) is 0.938. The van der Waals surface area contributed by atoms with Crippen molar-refractivity contribution < 1.29 is 9.84 Å². The predicted octanol–water partition coefficient (Wildman–Crippen LogP) is 2.57. The zero-order chi connectivity index (χ0) is 10.8. The first kappa shape index (κ1) is 10.5. The van der Waals surface area contributed by atoms with E-state index >= 15 is 0 Å². The van der Waals surface area contributed by atoms with Crippen LogP contribution in [-0.4, -0.2) is 17.8 Å². The summed E-state index contributed by atoms with van der Waals surface area (Å²) < 4.78 is 5.39. The van der Waals surface area contributed by atoms with Gasteiger partial charge in [-0.15, -0.1) is 0 Å². The minimum atomic E-state index is -0.179. The third-order valence-electron chi connectivity index (χ3n) is 3.08. The summed E-state index contributed by atoms with van der Waals surface area (Å²) in [5, 5.41) is 9.44. The maximum atomic E-state index is 9.44. The minimum Gasteiger partial charge on any atom is -0.494 e. The molecule has 1 fully saturated rings. The largest absolute Gasteiger partial charge is 0.494 e. The van der Waals surface area contributed by atoms with Gasteiger partial charge in [0.25, 0.3) is 0 Å². The van der Waals surface area contributed by atoms with Gasteiger partial charge in [0.15, 0.2) is 0 Å². The predicted molar refractivity (Wildman–Crippen MR) is 60.1 cm³/mol. The van der Waals surface area contributed by atoms with E-state index < -0.39 is 0 Å². The average Bonchev–Trinajstić information content (AvgIpc) is 2.99. The highest BCUT2D eigenvalue weighted by molar-refractivity contribution is 5.32. The van der Waals surface area contributed by atoms with Gasteiger partial charge in [-0.3, -0.25) is 0 Å². The molecule has 0 heterocycles. The Kier molecular flexibility index (Phi) is 2.96. The Morgan fingerprint density at radius 3 is 2.53 bits per heavy atom. The van der Waals surface area contributed by atoms with Crippen LogP contribution >= 0.6 is 0 Å². The van der Waals surface area contributed by atoms with E-state index in [0.717, 1.165) is 12.2 Å². The van der Waals surface area contributed by atoms with Crippen molar-refractivity contribution in [2.75, 3.05) is 6.61 Å². The maximum absolute atomic E-state index is 9.44.